The summed E-state index contributed by atoms with van der Waals surface area (Å²) in [7, 11) is 0. The van der Waals surface area contributed by atoms with Gasteiger partial charge in [0.2, 0.25) is 5.16 Å². The molecule has 31 heavy (non-hydrogen) atoms. The van der Waals surface area contributed by atoms with Crippen molar-refractivity contribution >= 4 is 22.7 Å². The van der Waals surface area contributed by atoms with Crippen LogP contribution in [0.4, 0.5) is 0 Å². The molecule has 0 unspecified atom stereocenters. The van der Waals surface area contributed by atoms with Gasteiger partial charge in [0.05, 0.1) is 10.9 Å². The second-order valence-corrected chi connectivity index (χ2v) is 8.88. The fourth-order valence-electron chi connectivity index (χ4n) is 3.59. The van der Waals surface area contributed by atoms with Crippen molar-refractivity contribution in [1.82, 2.24) is 9.71 Å². The third-order valence-corrected chi connectivity index (χ3v) is 6.38. The zero-order valence-corrected chi connectivity index (χ0v) is 19.1. The molecule has 0 atom stereocenters. The van der Waals surface area contributed by atoms with Crippen LogP contribution in [0.2, 0.25) is 0 Å². The van der Waals surface area contributed by atoms with Gasteiger partial charge in [-0.15, -0.1) is 4.73 Å². The normalized spacial score (nSPS) is 11.1. The number of rotatable bonds is 6. The molecule has 5 heteroatoms. The highest BCUT2D eigenvalue weighted by molar-refractivity contribution is 7.98. The molecule has 1 heterocycles. The molecule has 4 nitrogen and oxygen atoms in total. The van der Waals surface area contributed by atoms with Crippen molar-refractivity contribution in [3.05, 3.63) is 104 Å². The maximum absolute atomic E-state index is 13.2. The lowest BCUT2D eigenvalue weighted by Gasteiger charge is -2.15. The largest absolute Gasteiger partial charge is 0.403 e. The van der Waals surface area contributed by atoms with Crippen molar-refractivity contribution < 1.29 is 4.84 Å². The van der Waals surface area contributed by atoms with Crippen molar-refractivity contribution in [2.45, 2.75) is 45.2 Å². The fraction of sp³-hybridized carbons (Fsp3) is 0.231. The van der Waals surface area contributed by atoms with Crippen molar-refractivity contribution in [1.29, 1.82) is 0 Å². The zero-order valence-electron chi connectivity index (χ0n) is 18.3. The number of hydrogen-bond donors (Lipinski definition) is 0. The van der Waals surface area contributed by atoms with Gasteiger partial charge in [-0.3, -0.25) is 4.79 Å². The molecular weight excluding hydrogens is 404 g/mol. The van der Waals surface area contributed by atoms with E-state index in [4.69, 9.17) is 9.82 Å². The Hall–Kier alpha value is -3.05. The van der Waals surface area contributed by atoms with Crippen LogP contribution in [-0.2, 0) is 12.4 Å². The SMILES string of the molecule is Cc1ccc(COn2c(SCc3ccc(C)cc3C)nc3ccccc3c2=O)c(C)c1. The molecule has 0 aliphatic carbocycles. The summed E-state index contributed by atoms with van der Waals surface area (Å²) in [5, 5.41) is 1.12. The molecule has 0 aliphatic rings. The van der Waals surface area contributed by atoms with Crippen molar-refractivity contribution in [2.75, 3.05) is 0 Å². The first kappa shape index (κ1) is 21.2. The second kappa shape index (κ2) is 8.98. The monoisotopic (exact) mass is 430 g/mol. The lowest BCUT2D eigenvalue weighted by Crippen LogP contribution is -2.29. The Morgan fingerprint density at radius 3 is 2.19 bits per heavy atom. The highest BCUT2D eigenvalue weighted by Gasteiger charge is 2.14. The number of aromatic nitrogens is 2. The Labute approximate surface area is 186 Å². The number of nitrogens with zero attached hydrogens (tertiary/aromatic N) is 2. The van der Waals surface area contributed by atoms with Crippen LogP contribution >= 0.6 is 11.8 Å². The molecule has 0 saturated carbocycles. The predicted molar refractivity (Wildman–Crippen MR) is 128 cm³/mol. The number of aryl methyl sites for hydroxylation is 4. The first-order valence-corrected chi connectivity index (χ1v) is 11.3. The van der Waals surface area contributed by atoms with Crippen LogP contribution in [0, 0.1) is 27.7 Å². The van der Waals surface area contributed by atoms with E-state index >= 15 is 0 Å². The Kier molecular flexibility index (Phi) is 6.14. The van der Waals surface area contributed by atoms with Gasteiger partial charge in [-0.05, 0) is 62.1 Å². The highest BCUT2D eigenvalue weighted by Crippen LogP contribution is 2.24. The molecule has 0 spiro atoms. The van der Waals surface area contributed by atoms with Crippen molar-refractivity contribution in [2.24, 2.45) is 0 Å². The maximum Gasteiger partial charge on any atom is 0.295 e. The minimum absolute atomic E-state index is 0.182. The van der Waals surface area contributed by atoms with Crippen LogP contribution in [-0.4, -0.2) is 9.71 Å². The van der Waals surface area contributed by atoms with E-state index in [2.05, 4.69) is 58.0 Å². The molecule has 1 aromatic heterocycles. The Morgan fingerprint density at radius 1 is 0.871 bits per heavy atom. The topological polar surface area (TPSA) is 44.1 Å². The average molecular weight is 431 g/mol. The summed E-state index contributed by atoms with van der Waals surface area (Å²) in [6, 6.07) is 20.1. The molecule has 0 amide bonds. The standard InChI is InChI=1S/C26H26N2O2S/c1-17-9-11-21(19(3)13-17)15-30-28-25(29)23-7-5-6-8-24(23)27-26(28)31-16-22-12-10-18(2)14-20(22)4/h5-14H,15-16H2,1-4H3. The summed E-state index contributed by atoms with van der Waals surface area (Å²) in [4.78, 5) is 24.0. The Morgan fingerprint density at radius 2 is 1.52 bits per heavy atom. The summed E-state index contributed by atoms with van der Waals surface area (Å²) >= 11 is 1.52. The van der Waals surface area contributed by atoms with Crippen LogP contribution in [0.15, 0.2) is 70.6 Å². The minimum Gasteiger partial charge on any atom is -0.403 e. The van der Waals surface area contributed by atoms with Gasteiger partial charge in [-0.1, -0.05) is 71.4 Å². The van der Waals surface area contributed by atoms with Gasteiger partial charge in [0.1, 0.15) is 6.61 Å². The summed E-state index contributed by atoms with van der Waals surface area (Å²) in [5.41, 5.74) is 7.60. The molecule has 158 valence electrons. The van der Waals surface area contributed by atoms with Gasteiger partial charge in [0.25, 0.3) is 5.56 Å². The molecular formula is C26H26N2O2S. The van der Waals surface area contributed by atoms with Crippen molar-refractivity contribution in [3.8, 4) is 0 Å². The lowest BCUT2D eigenvalue weighted by molar-refractivity contribution is 0.0679. The number of thioether (sulfide) groups is 1. The average Bonchev–Trinajstić information content (AvgIpc) is 2.74. The minimum atomic E-state index is -0.182. The fourth-order valence-corrected chi connectivity index (χ4v) is 4.62. The van der Waals surface area contributed by atoms with Crippen LogP contribution in [0.1, 0.15) is 33.4 Å². The van der Waals surface area contributed by atoms with E-state index in [1.807, 2.05) is 24.3 Å². The van der Waals surface area contributed by atoms with Crippen molar-refractivity contribution in [3.63, 3.8) is 0 Å². The van der Waals surface area contributed by atoms with E-state index in [0.29, 0.717) is 28.4 Å². The summed E-state index contributed by atoms with van der Waals surface area (Å²) < 4.78 is 1.36. The maximum atomic E-state index is 13.2. The lowest BCUT2D eigenvalue weighted by atomic mass is 10.1. The van der Waals surface area contributed by atoms with E-state index in [1.54, 1.807) is 6.07 Å². The molecule has 0 radical (unpaired) electrons. The number of benzene rings is 3. The molecule has 0 aliphatic heterocycles. The molecule has 0 N–H and O–H groups in total. The number of para-hydroxylation sites is 1. The van der Waals surface area contributed by atoms with Gasteiger partial charge < -0.3 is 4.84 Å². The molecule has 3 aromatic carbocycles. The van der Waals surface area contributed by atoms with Gasteiger partial charge in [-0.2, -0.15) is 0 Å². The van der Waals surface area contributed by atoms with Crippen LogP contribution < -0.4 is 10.4 Å². The van der Waals surface area contributed by atoms with Gasteiger partial charge in [0, 0.05) is 5.75 Å². The molecule has 4 rings (SSSR count). The molecule has 0 saturated heterocycles. The predicted octanol–water partition coefficient (Wildman–Crippen LogP) is 5.55. The van der Waals surface area contributed by atoms with E-state index in [0.717, 1.165) is 11.1 Å². The Bertz CT molecular complexity index is 1310. The van der Waals surface area contributed by atoms with E-state index in [-0.39, 0.29) is 5.56 Å². The van der Waals surface area contributed by atoms with Gasteiger partial charge in [0.15, 0.2) is 0 Å². The van der Waals surface area contributed by atoms with Crippen LogP contribution in [0.25, 0.3) is 10.9 Å². The summed E-state index contributed by atoms with van der Waals surface area (Å²) in [5.74, 6) is 0.712. The third-order valence-electron chi connectivity index (χ3n) is 5.41. The smallest absolute Gasteiger partial charge is 0.295 e. The molecule has 0 bridgehead atoms. The quantitative estimate of drug-likeness (QED) is 0.297. The first-order valence-electron chi connectivity index (χ1n) is 10.3. The molecule has 0 fully saturated rings. The summed E-state index contributed by atoms with van der Waals surface area (Å²) in [6.07, 6.45) is 0. The second-order valence-electron chi connectivity index (χ2n) is 7.93. The van der Waals surface area contributed by atoms with Gasteiger partial charge in [-0.25, -0.2) is 4.98 Å². The van der Waals surface area contributed by atoms with Gasteiger partial charge >= 0.3 is 0 Å². The zero-order chi connectivity index (χ0) is 22.0. The number of hydrogen-bond acceptors (Lipinski definition) is 4. The first-order chi connectivity index (χ1) is 14.9. The third kappa shape index (κ3) is 4.67. The van der Waals surface area contributed by atoms with Crippen LogP contribution in [0.3, 0.4) is 0 Å². The van der Waals surface area contributed by atoms with Crippen LogP contribution in [0.5, 0.6) is 0 Å². The highest BCUT2D eigenvalue weighted by atomic mass is 32.2. The molecule has 4 aromatic rings. The van der Waals surface area contributed by atoms with E-state index in [9.17, 15) is 4.79 Å². The number of fused-ring (bicyclic) bond motifs is 1. The Balaban J connectivity index is 1.68. The summed E-state index contributed by atoms with van der Waals surface area (Å²) in [6.45, 7) is 8.64. The van der Waals surface area contributed by atoms with E-state index in [1.165, 1.54) is 38.7 Å². The van der Waals surface area contributed by atoms with E-state index < -0.39 is 0 Å².